The fraction of sp³-hybridized carbons (Fsp3) is 0.286. The number of carbonyl (C=O) groups excluding carboxylic acids is 3. The standard InChI is InChI=1S/C21H20N2O3S2/c24-19(22-17-9-3-6-14-5-1-2-8-16(14)17)10-11-23-20(25)18(28-21(23)26)13-15-7-4-12-27-15/h1-2,4-5,7-8,12-13,17H,3,6,9-11H2,(H,22,24). The topological polar surface area (TPSA) is 66.5 Å². The van der Waals surface area contributed by atoms with Crippen molar-refractivity contribution in [1.82, 2.24) is 10.2 Å². The van der Waals surface area contributed by atoms with Crippen molar-refractivity contribution in [3.63, 3.8) is 0 Å². The van der Waals surface area contributed by atoms with E-state index < -0.39 is 0 Å². The number of hydrogen-bond acceptors (Lipinski definition) is 5. The number of thiophene rings is 1. The lowest BCUT2D eigenvalue weighted by atomic mass is 9.87. The maximum absolute atomic E-state index is 12.5. The summed E-state index contributed by atoms with van der Waals surface area (Å²) in [5.41, 5.74) is 2.45. The molecule has 2 aromatic rings. The molecule has 1 atom stereocenters. The van der Waals surface area contributed by atoms with Crippen LogP contribution in [0.1, 0.15) is 41.3 Å². The van der Waals surface area contributed by atoms with E-state index in [-0.39, 0.29) is 36.1 Å². The fourth-order valence-corrected chi connectivity index (χ4v) is 5.17. The Morgan fingerprint density at radius 1 is 1.21 bits per heavy atom. The number of carbonyl (C=O) groups is 3. The molecule has 1 aliphatic heterocycles. The Balaban J connectivity index is 1.35. The second-order valence-electron chi connectivity index (χ2n) is 6.81. The predicted molar refractivity (Wildman–Crippen MR) is 112 cm³/mol. The minimum absolute atomic E-state index is 0.00564. The van der Waals surface area contributed by atoms with Gasteiger partial charge in [0.2, 0.25) is 5.91 Å². The molecule has 1 aromatic carbocycles. The number of imide groups is 1. The number of aryl methyl sites for hydroxylation is 1. The molecular weight excluding hydrogens is 392 g/mol. The van der Waals surface area contributed by atoms with Crippen LogP contribution in [0, 0.1) is 0 Å². The number of benzene rings is 1. The molecule has 7 heteroatoms. The summed E-state index contributed by atoms with van der Waals surface area (Å²) in [5.74, 6) is -0.456. The largest absolute Gasteiger partial charge is 0.349 e. The van der Waals surface area contributed by atoms with Crippen molar-refractivity contribution < 1.29 is 14.4 Å². The van der Waals surface area contributed by atoms with Gasteiger partial charge in [-0.1, -0.05) is 30.3 Å². The third-order valence-electron chi connectivity index (χ3n) is 4.96. The Morgan fingerprint density at radius 3 is 2.89 bits per heavy atom. The quantitative estimate of drug-likeness (QED) is 0.741. The number of rotatable bonds is 5. The van der Waals surface area contributed by atoms with Gasteiger partial charge in [-0.25, -0.2) is 0 Å². The van der Waals surface area contributed by atoms with Gasteiger partial charge in [-0.3, -0.25) is 19.3 Å². The summed E-state index contributed by atoms with van der Waals surface area (Å²) in [6.45, 7) is 0.104. The highest BCUT2D eigenvalue weighted by molar-refractivity contribution is 8.18. The van der Waals surface area contributed by atoms with E-state index in [1.165, 1.54) is 27.4 Å². The lowest BCUT2D eigenvalue weighted by Crippen LogP contribution is -2.35. The molecular formula is C21H20N2O3S2. The highest BCUT2D eigenvalue weighted by atomic mass is 32.2. The van der Waals surface area contributed by atoms with Crippen LogP contribution in [0.5, 0.6) is 0 Å². The third kappa shape index (κ3) is 4.05. The lowest BCUT2D eigenvalue weighted by Gasteiger charge is -2.26. The molecule has 1 fully saturated rings. The van der Waals surface area contributed by atoms with Gasteiger partial charge >= 0.3 is 0 Å². The molecule has 144 valence electrons. The number of hydrogen-bond donors (Lipinski definition) is 1. The minimum Gasteiger partial charge on any atom is -0.349 e. The Labute approximate surface area is 171 Å². The van der Waals surface area contributed by atoms with E-state index >= 15 is 0 Å². The smallest absolute Gasteiger partial charge is 0.293 e. The summed E-state index contributed by atoms with van der Waals surface area (Å²) >= 11 is 2.44. The van der Waals surface area contributed by atoms with Gasteiger partial charge < -0.3 is 5.32 Å². The van der Waals surface area contributed by atoms with Crippen molar-refractivity contribution in [2.24, 2.45) is 0 Å². The first-order valence-electron chi connectivity index (χ1n) is 9.28. The number of nitrogens with zero attached hydrogens (tertiary/aromatic N) is 1. The average molecular weight is 413 g/mol. The molecule has 2 aliphatic rings. The maximum Gasteiger partial charge on any atom is 0.293 e. The Hall–Kier alpha value is -2.38. The zero-order valence-corrected chi connectivity index (χ0v) is 16.9. The van der Waals surface area contributed by atoms with Crippen LogP contribution in [0.25, 0.3) is 6.08 Å². The van der Waals surface area contributed by atoms with E-state index in [4.69, 9.17) is 0 Å². The second kappa shape index (κ2) is 8.32. The van der Waals surface area contributed by atoms with Crippen LogP contribution >= 0.6 is 23.1 Å². The van der Waals surface area contributed by atoms with E-state index in [2.05, 4.69) is 17.4 Å². The Bertz CT molecular complexity index is 937. The summed E-state index contributed by atoms with van der Waals surface area (Å²) < 4.78 is 0. The van der Waals surface area contributed by atoms with Crippen LogP contribution in [-0.2, 0) is 16.0 Å². The molecule has 3 amide bonds. The van der Waals surface area contributed by atoms with Gasteiger partial charge in [0.15, 0.2) is 0 Å². The Kier molecular flexibility index (Phi) is 5.64. The first-order valence-corrected chi connectivity index (χ1v) is 11.0. The highest BCUT2D eigenvalue weighted by Crippen LogP contribution is 2.33. The molecule has 1 aliphatic carbocycles. The van der Waals surface area contributed by atoms with E-state index in [0.717, 1.165) is 35.9 Å². The molecule has 0 spiro atoms. The molecule has 28 heavy (non-hydrogen) atoms. The average Bonchev–Trinajstić information content (AvgIpc) is 3.29. The minimum atomic E-state index is -0.320. The summed E-state index contributed by atoms with van der Waals surface area (Å²) in [4.78, 5) is 39.6. The van der Waals surface area contributed by atoms with Crippen LogP contribution < -0.4 is 5.32 Å². The van der Waals surface area contributed by atoms with Crippen LogP contribution in [0.4, 0.5) is 4.79 Å². The van der Waals surface area contributed by atoms with Crippen molar-refractivity contribution in [1.29, 1.82) is 0 Å². The molecule has 1 unspecified atom stereocenters. The molecule has 0 saturated carbocycles. The number of amides is 3. The van der Waals surface area contributed by atoms with E-state index in [1.54, 1.807) is 6.08 Å². The van der Waals surface area contributed by atoms with Gasteiger partial charge in [0.1, 0.15) is 0 Å². The molecule has 2 heterocycles. The van der Waals surface area contributed by atoms with E-state index in [9.17, 15) is 14.4 Å². The number of fused-ring (bicyclic) bond motifs is 1. The SMILES string of the molecule is O=C(CCN1C(=O)SC(=Cc2cccs2)C1=O)NC1CCCc2ccccc21. The first-order chi connectivity index (χ1) is 13.6. The highest BCUT2D eigenvalue weighted by Gasteiger charge is 2.35. The van der Waals surface area contributed by atoms with Gasteiger partial charge in [-0.2, -0.15) is 0 Å². The molecule has 0 radical (unpaired) electrons. The zero-order valence-electron chi connectivity index (χ0n) is 15.2. The van der Waals surface area contributed by atoms with Crippen LogP contribution in [0.2, 0.25) is 0 Å². The molecule has 4 rings (SSSR count). The summed E-state index contributed by atoms with van der Waals surface area (Å²) in [6, 6.07) is 12.0. The van der Waals surface area contributed by atoms with Crippen molar-refractivity contribution in [3.05, 3.63) is 62.7 Å². The Morgan fingerprint density at radius 2 is 2.07 bits per heavy atom. The predicted octanol–water partition coefficient (Wildman–Crippen LogP) is 4.37. The van der Waals surface area contributed by atoms with Crippen molar-refractivity contribution in [3.8, 4) is 0 Å². The van der Waals surface area contributed by atoms with Crippen molar-refractivity contribution >= 4 is 46.2 Å². The third-order valence-corrected chi connectivity index (χ3v) is 6.68. The summed E-state index contributed by atoms with van der Waals surface area (Å²) in [7, 11) is 0. The number of thioether (sulfide) groups is 1. The number of nitrogens with one attached hydrogen (secondary N) is 1. The van der Waals surface area contributed by atoms with Gasteiger partial charge in [-0.05, 0) is 59.7 Å². The molecule has 0 bridgehead atoms. The maximum atomic E-state index is 12.5. The van der Waals surface area contributed by atoms with Crippen LogP contribution in [-0.4, -0.2) is 28.5 Å². The lowest BCUT2D eigenvalue weighted by molar-refractivity contribution is -0.124. The second-order valence-corrected chi connectivity index (χ2v) is 8.78. The molecule has 5 nitrogen and oxygen atoms in total. The fourth-order valence-electron chi connectivity index (χ4n) is 3.58. The molecule has 1 saturated heterocycles. The van der Waals surface area contributed by atoms with Crippen LogP contribution in [0.15, 0.2) is 46.7 Å². The normalized spacial score (nSPS) is 20.5. The first kappa shape index (κ1) is 19.0. The van der Waals surface area contributed by atoms with Crippen molar-refractivity contribution in [2.75, 3.05) is 6.54 Å². The van der Waals surface area contributed by atoms with Gasteiger partial charge in [0.05, 0.1) is 10.9 Å². The van der Waals surface area contributed by atoms with Gasteiger partial charge in [-0.15, -0.1) is 11.3 Å². The van der Waals surface area contributed by atoms with E-state index in [0.29, 0.717) is 4.91 Å². The van der Waals surface area contributed by atoms with Gasteiger partial charge in [0, 0.05) is 17.8 Å². The van der Waals surface area contributed by atoms with Crippen LogP contribution in [0.3, 0.4) is 0 Å². The molecule has 1 N–H and O–H groups in total. The molecule has 1 aromatic heterocycles. The van der Waals surface area contributed by atoms with Crippen molar-refractivity contribution in [2.45, 2.75) is 31.7 Å². The summed E-state index contributed by atoms with van der Waals surface area (Å²) in [5, 5.41) is 4.67. The zero-order chi connectivity index (χ0) is 19.5. The monoisotopic (exact) mass is 412 g/mol. The summed E-state index contributed by atoms with van der Waals surface area (Å²) in [6.07, 6.45) is 4.83. The van der Waals surface area contributed by atoms with Gasteiger partial charge in [0.25, 0.3) is 11.1 Å². The van der Waals surface area contributed by atoms with E-state index in [1.807, 2.05) is 29.6 Å².